The van der Waals surface area contributed by atoms with Crippen LogP contribution < -0.4 is 5.32 Å². The van der Waals surface area contributed by atoms with Crippen molar-refractivity contribution in [1.29, 1.82) is 0 Å². The summed E-state index contributed by atoms with van der Waals surface area (Å²) in [6.45, 7) is 7.01. The molecule has 2 rings (SSSR count). The van der Waals surface area contributed by atoms with Crippen LogP contribution in [0.15, 0.2) is 12.2 Å². The third-order valence-corrected chi connectivity index (χ3v) is 3.37. The quantitative estimate of drug-likeness (QED) is 0.643. The van der Waals surface area contributed by atoms with Crippen LogP contribution in [0.1, 0.15) is 19.8 Å². The summed E-state index contributed by atoms with van der Waals surface area (Å²) in [5, 5.41) is 3.50. The van der Waals surface area contributed by atoms with E-state index in [0.29, 0.717) is 0 Å². The highest BCUT2D eigenvalue weighted by atomic mass is 15.2. The largest absolute Gasteiger partial charge is 0.315 e. The summed E-state index contributed by atoms with van der Waals surface area (Å²) in [7, 11) is 0. The highest BCUT2D eigenvalue weighted by molar-refractivity contribution is 4.94. The standard InChI is InChI=1S/C11H20N2/c1-2-3-6-13-7-4-5-10-8-12-9-11(10)13/h2-3,10-12H,4-9H2,1H3/b3-2+/t10-,11+/m1/s1. The second kappa shape index (κ2) is 4.25. The lowest BCUT2D eigenvalue weighted by Crippen LogP contribution is -2.44. The molecular formula is C11H20N2. The summed E-state index contributed by atoms with van der Waals surface area (Å²) >= 11 is 0. The fourth-order valence-corrected chi connectivity index (χ4v) is 2.63. The van der Waals surface area contributed by atoms with Gasteiger partial charge < -0.3 is 5.32 Å². The maximum absolute atomic E-state index is 3.50. The van der Waals surface area contributed by atoms with Gasteiger partial charge in [-0.1, -0.05) is 12.2 Å². The molecule has 74 valence electrons. The molecule has 2 heteroatoms. The Morgan fingerprint density at radius 1 is 1.46 bits per heavy atom. The number of likely N-dealkylation sites (tertiary alicyclic amines) is 1. The average molecular weight is 180 g/mol. The SMILES string of the molecule is C/C=C/CN1CCC[C@@H]2CNC[C@@H]21. The van der Waals surface area contributed by atoms with Gasteiger partial charge >= 0.3 is 0 Å². The fourth-order valence-electron chi connectivity index (χ4n) is 2.63. The van der Waals surface area contributed by atoms with Crippen LogP contribution in [0.4, 0.5) is 0 Å². The van der Waals surface area contributed by atoms with Crippen LogP contribution in [0.25, 0.3) is 0 Å². The van der Waals surface area contributed by atoms with Gasteiger partial charge in [0.1, 0.15) is 0 Å². The van der Waals surface area contributed by atoms with Gasteiger partial charge in [0.05, 0.1) is 0 Å². The molecule has 0 saturated carbocycles. The van der Waals surface area contributed by atoms with Crippen molar-refractivity contribution in [2.24, 2.45) is 5.92 Å². The van der Waals surface area contributed by atoms with E-state index < -0.39 is 0 Å². The second-order valence-electron chi connectivity index (χ2n) is 4.19. The molecule has 0 aromatic heterocycles. The molecule has 0 bridgehead atoms. The van der Waals surface area contributed by atoms with Gasteiger partial charge in [-0.05, 0) is 38.8 Å². The zero-order chi connectivity index (χ0) is 9.10. The summed E-state index contributed by atoms with van der Waals surface area (Å²) < 4.78 is 0. The molecule has 2 heterocycles. The van der Waals surface area contributed by atoms with Crippen molar-refractivity contribution in [3.8, 4) is 0 Å². The first kappa shape index (κ1) is 9.22. The average Bonchev–Trinajstić information content (AvgIpc) is 2.62. The molecule has 1 N–H and O–H groups in total. The molecule has 2 atom stereocenters. The normalized spacial score (nSPS) is 35.5. The fraction of sp³-hybridized carbons (Fsp3) is 0.818. The number of rotatable bonds is 2. The molecule has 0 aromatic carbocycles. The molecule has 0 radical (unpaired) electrons. The lowest BCUT2D eigenvalue weighted by molar-refractivity contribution is 0.140. The van der Waals surface area contributed by atoms with E-state index in [0.717, 1.165) is 18.5 Å². The Labute approximate surface area is 81.0 Å². The molecular weight excluding hydrogens is 160 g/mol. The molecule has 0 unspecified atom stereocenters. The maximum Gasteiger partial charge on any atom is 0.0264 e. The summed E-state index contributed by atoms with van der Waals surface area (Å²) in [6, 6.07) is 0.824. The minimum absolute atomic E-state index is 0.824. The van der Waals surface area contributed by atoms with Crippen LogP contribution in [0.3, 0.4) is 0 Å². The van der Waals surface area contributed by atoms with Gasteiger partial charge in [0.2, 0.25) is 0 Å². The number of nitrogens with zero attached hydrogens (tertiary/aromatic N) is 1. The minimum Gasteiger partial charge on any atom is -0.315 e. The van der Waals surface area contributed by atoms with E-state index in [9.17, 15) is 0 Å². The topological polar surface area (TPSA) is 15.3 Å². The van der Waals surface area contributed by atoms with Gasteiger partial charge in [-0.2, -0.15) is 0 Å². The molecule has 2 aliphatic heterocycles. The highest BCUT2D eigenvalue weighted by Gasteiger charge is 2.33. The number of allylic oxidation sites excluding steroid dienone is 1. The zero-order valence-corrected chi connectivity index (χ0v) is 8.50. The van der Waals surface area contributed by atoms with Crippen molar-refractivity contribution in [2.75, 3.05) is 26.2 Å². The van der Waals surface area contributed by atoms with E-state index in [1.54, 1.807) is 0 Å². The third kappa shape index (κ3) is 1.94. The summed E-state index contributed by atoms with van der Waals surface area (Å²) in [4.78, 5) is 2.63. The van der Waals surface area contributed by atoms with E-state index in [1.807, 2.05) is 0 Å². The molecule has 13 heavy (non-hydrogen) atoms. The van der Waals surface area contributed by atoms with Crippen molar-refractivity contribution >= 4 is 0 Å². The summed E-state index contributed by atoms with van der Waals surface area (Å²) in [5.41, 5.74) is 0. The number of fused-ring (bicyclic) bond motifs is 1. The minimum atomic E-state index is 0.824. The Morgan fingerprint density at radius 2 is 2.38 bits per heavy atom. The first-order valence-corrected chi connectivity index (χ1v) is 5.47. The van der Waals surface area contributed by atoms with E-state index >= 15 is 0 Å². The van der Waals surface area contributed by atoms with Gasteiger partial charge in [-0.15, -0.1) is 0 Å². The van der Waals surface area contributed by atoms with Gasteiger partial charge in [0.15, 0.2) is 0 Å². The third-order valence-electron chi connectivity index (χ3n) is 3.37. The second-order valence-corrected chi connectivity index (χ2v) is 4.19. The van der Waals surface area contributed by atoms with Crippen molar-refractivity contribution in [1.82, 2.24) is 10.2 Å². The number of hydrogen-bond donors (Lipinski definition) is 1. The van der Waals surface area contributed by atoms with Crippen molar-refractivity contribution in [3.05, 3.63) is 12.2 Å². The first-order chi connectivity index (χ1) is 6.42. The molecule has 0 amide bonds. The van der Waals surface area contributed by atoms with Crippen LogP contribution in [-0.2, 0) is 0 Å². The van der Waals surface area contributed by atoms with Crippen LogP contribution >= 0.6 is 0 Å². The number of piperidine rings is 1. The van der Waals surface area contributed by atoms with Crippen LogP contribution in [0, 0.1) is 5.92 Å². The summed E-state index contributed by atoms with van der Waals surface area (Å²) in [6.07, 6.45) is 7.26. The van der Waals surface area contributed by atoms with E-state index in [2.05, 4.69) is 29.3 Å². The van der Waals surface area contributed by atoms with E-state index in [-0.39, 0.29) is 0 Å². The predicted octanol–water partition coefficient (Wildman–Crippen LogP) is 1.25. The number of hydrogen-bond acceptors (Lipinski definition) is 2. The molecule has 2 fully saturated rings. The van der Waals surface area contributed by atoms with Gasteiger partial charge in [0, 0.05) is 19.1 Å². The molecule has 2 aliphatic rings. The van der Waals surface area contributed by atoms with E-state index in [1.165, 1.54) is 32.5 Å². The molecule has 2 nitrogen and oxygen atoms in total. The highest BCUT2D eigenvalue weighted by Crippen LogP contribution is 2.25. The van der Waals surface area contributed by atoms with Gasteiger partial charge in [-0.3, -0.25) is 4.90 Å². The maximum atomic E-state index is 3.50. The van der Waals surface area contributed by atoms with Crippen LogP contribution in [0.5, 0.6) is 0 Å². The lowest BCUT2D eigenvalue weighted by atomic mass is 9.92. The predicted molar refractivity (Wildman–Crippen MR) is 55.8 cm³/mol. The zero-order valence-electron chi connectivity index (χ0n) is 8.50. The van der Waals surface area contributed by atoms with E-state index in [4.69, 9.17) is 0 Å². The van der Waals surface area contributed by atoms with Crippen LogP contribution in [0.2, 0.25) is 0 Å². The Bertz CT molecular complexity index is 189. The Kier molecular flexibility index (Phi) is 3.01. The monoisotopic (exact) mass is 180 g/mol. The lowest BCUT2D eigenvalue weighted by Gasteiger charge is -2.36. The Hall–Kier alpha value is -0.340. The van der Waals surface area contributed by atoms with Crippen molar-refractivity contribution in [3.63, 3.8) is 0 Å². The number of nitrogens with one attached hydrogen (secondary N) is 1. The molecule has 0 aliphatic carbocycles. The molecule has 0 spiro atoms. The Morgan fingerprint density at radius 3 is 3.23 bits per heavy atom. The smallest absolute Gasteiger partial charge is 0.0264 e. The van der Waals surface area contributed by atoms with Crippen molar-refractivity contribution in [2.45, 2.75) is 25.8 Å². The Balaban J connectivity index is 1.93. The van der Waals surface area contributed by atoms with Crippen LogP contribution in [-0.4, -0.2) is 37.1 Å². The molecule has 2 saturated heterocycles. The van der Waals surface area contributed by atoms with Crippen molar-refractivity contribution < 1.29 is 0 Å². The van der Waals surface area contributed by atoms with Gasteiger partial charge in [-0.25, -0.2) is 0 Å². The summed E-state index contributed by atoms with van der Waals surface area (Å²) in [5.74, 6) is 0.930. The first-order valence-electron chi connectivity index (χ1n) is 5.47. The molecule has 0 aromatic rings. The van der Waals surface area contributed by atoms with Gasteiger partial charge in [0.25, 0.3) is 0 Å².